The topological polar surface area (TPSA) is 58.6 Å². The van der Waals surface area contributed by atoms with Gasteiger partial charge in [0.1, 0.15) is 11.8 Å². The molecule has 6 heteroatoms. The van der Waals surface area contributed by atoms with E-state index in [1.165, 1.54) is 0 Å². The number of nitrogens with one attached hydrogen (secondary N) is 1. The first-order valence-corrected chi connectivity index (χ1v) is 9.80. The van der Waals surface area contributed by atoms with Gasteiger partial charge in [-0.15, -0.1) is 0 Å². The number of hydrogen-bond donors (Lipinski definition) is 1. The molecule has 0 aromatic heterocycles. The van der Waals surface area contributed by atoms with Crippen LogP contribution in [-0.2, 0) is 16.0 Å². The van der Waals surface area contributed by atoms with Crippen molar-refractivity contribution in [3.63, 3.8) is 0 Å². The third kappa shape index (κ3) is 6.27. The first kappa shape index (κ1) is 21.8. The van der Waals surface area contributed by atoms with E-state index in [2.05, 4.69) is 5.32 Å². The molecular weight excluding hydrogens is 376 g/mol. The fourth-order valence-electron chi connectivity index (χ4n) is 2.83. The van der Waals surface area contributed by atoms with Crippen LogP contribution in [0.2, 0.25) is 5.02 Å². The van der Waals surface area contributed by atoms with Crippen molar-refractivity contribution in [2.24, 2.45) is 0 Å². The molecule has 0 fully saturated rings. The number of likely N-dealkylation sites (N-methyl/N-ethyl adjacent to an activating group) is 1. The standard InChI is InChI=1S/C22H27ClN2O3/c1-4-24-22(27)17(3)25(13-12-18-8-6-5-7-9-18)21(26)15-28-19-10-11-20(23)16(2)14-19/h5-11,14,17H,4,12-13,15H2,1-3H3,(H,24,27)/t17-/m1/s1. The lowest BCUT2D eigenvalue weighted by atomic mass is 10.1. The van der Waals surface area contributed by atoms with Gasteiger partial charge in [0.05, 0.1) is 0 Å². The van der Waals surface area contributed by atoms with Gasteiger partial charge in [0.15, 0.2) is 6.61 Å². The van der Waals surface area contributed by atoms with Crippen LogP contribution in [0.4, 0.5) is 0 Å². The quantitative estimate of drug-likeness (QED) is 0.696. The molecule has 0 saturated carbocycles. The van der Waals surface area contributed by atoms with Crippen molar-refractivity contribution in [3.05, 3.63) is 64.7 Å². The number of nitrogens with zero attached hydrogens (tertiary/aromatic N) is 1. The monoisotopic (exact) mass is 402 g/mol. The van der Waals surface area contributed by atoms with Crippen molar-refractivity contribution in [2.75, 3.05) is 19.7 Å². The number of benzene rings is 2. The number of amides is 2. The zero-order chi connectivity index (χ0) is 20.5. The first-order valence-electron chi connectivity index (χ1n) is 9.42. The molecule has 0 aliphatic heterocycles. The van der Waals surface area contributed by atoms with Crippen LogP contribution in [0.3, 0.4) is 0 Å². The molecule has 28 heavy (non-hydrogen) atoms. The maximum Gasteiger partial charge on any atom is 0.261 e. The summed E-state index contributed by atoms with van der Waals surface area (Å²) >= 11 is 6.02. The summed E-state index contributed by atoms with van der Waals surface area (Å²) in [5, 5.41) is 3.42. The number of aryl methyl sites for hydroxylation is 1. The number of hydrogen-bond acceptors (Lipinski definition) is 3. The summed E-state index contributed by atoms with van der Waals surface area (Å²) in [6, 6.07) is 14.6. The molecule has 2 aromatic rings. The second-order valence-electron chi connectivity index (χ2n) is 6.59. The Bertz CT molecular complexity index is 796. The Morgan fingerprint density at radius 2 is 1.89 bits per heavy atom. The maximum absolute atomic E-state index is 12.8. The normalized spacial score (nSPS) is 11.6. The Kier molecular flexibility index (Phi) is 8.33. The summed E-state index contributed by atoms with van der Waals surface area (Å²) in [5.74, 6) is 0.164. The average Bonchev–Trinajstić information content (AvgIpc) is 2.69. The predicted octanol–water partition coefficient (Wildman–Crippen LogP) is 3.62. The third-order valence-electron chi connectivity index (χ3n) is 4.49. The molecule has 0 bridgehead atoms. The van der Waals surface area contributed by atoms with Gasteiger partial charge < -0.3 is 15.0 Å². The molecule has 0 aliphatic rings. The van der Waals surface area contributed by atoms with Gasteiger partial charge >= 0.3 is 0 Å². The van der Waals surface area contributed by atoms with Crippen molar-refractivity contribution in [2.45, 2.75) is 33.2 Å². The highest BCUT2D eigenvalue weighted by Crippen LogP contribution is 2.21. The average molecular weight is 403 g/mol. The highest BCUT2D eigenvalue weighted by Gasteiger charge is 2.25. The van der Waals surface area contributed by atoms with E-state index in [0.717, 1.165) is 11.1 Å². The molecule has 0 aliphatic carbocycles. The summed E-state index contributed by atoms with van der Waals surface area (Å²) < 4.78 is 5.64. The van der Waals surface area contributed by atoms with Crippen molar-refractivity contribution in [1.82, 2.24) is 10.2 Å². The number of rotatable bonds is 9. The van der Waals surface area contributed by atoms with E-state index in [9.17, 15) is 9.59 Å². The minimum atomic E-state index is -0.577. The molecule has 0 radical (unpaired) electrons. The van der Waals surface area contributed by atoms with Crippen LogP contribution in [-0.4, -0.2) is 42.5 Å². The summed E-state index contributed by atoms with van der Waals surface area (Å²) in [5.41, 5.74) is 1.99. The second kappa shape index (κ2) is 10.7. The van der Waals surface area contributed by atoms with E-state index in [1.54, 1.807) is 30.0 Å². The lowest BCUT2D eigenvalue weighted by molar-refractivity contribution is -0.141. The van der Waals surface area contributed by atoms with Crippen molar-refractivity contribution in [1.29, 1.82) is 0 Å². The number of carbonyl (C=O) groups is 2. The third-order valence-corrected chi connectivity index (χ3v) is 4.92. The highest BCUT2D eigenvalue weighted by molar-refractivity contribution is 6.31. The Balaban J connectivity index is 2.06. The second-order valence-corrected chi connectivity index (χ2v) is 7.00. The summed E-state index contributed by atoms with van der Waals surface area (Å²) in [7, 11) is 0. The molecule has 0 heterocycles. The predicted molar refractivity (Wildman–Crippen MR) is 112 cm³/mol. The Morgan fingerprint density at radius 1 is 1.18 bits per heavy atom. The van der Waals surface area contributed by atoms with Gasteiger partial charge in [0, 0.05) is 18.1 Å². The Hall–Kier alpha value is -2.53. The van der Waals surface area contributed by atoms with Gasteiger partial charge in [-0.3, -0.25) is 9.59 Å². The van der Waals surface area contributed by atoms with E-state index in [0.29, 0.717) is 30.3 Å². The van der Waals surface area contributed by atoms with Crippen LogP contribution in [0.15, 0.2) is 48.5 Å². The van der Waals surface area contributed by atoms with Gasteiger partial charge in [-0.2, -0.15) is 0 Å². The molecule has 150 valence electrons. The van der Waals surface area contributed by atoms with E-state index < -0.39 is 6.04 Å². The van der Waals surface area contributed by atoms with Gasteiger partial charge in [-0.1, -0.05) is 41.9 Å². The van der Waals surface area contributed by atoms with Crippen molar-refractivity contribution in [3.8, 4) is 5.75 Å². The first-order chi connectivity index (χ1) is 13.4. The molecule has 2 amide bonds. The fraction of sp³-hybridized carbons (Fsp3) is 0.364. The maximum atomic E-state index is 12.8. The Labute approximate surface area is 171 Å². The Morgan fingerprint density at radius 3 is 2.54 bits per heavy atom. The number of ether oxygens (including phenoxy) is 1. The summed E-state index contributed by atoms with van der Waals surface area (Å²) in [6.07, 6.45) is 0.663. The smallest absolute Gasteiger partial charge is 0.261 e. The largest absolute Gasteiger partial charge is 0.484 e. The van der Waals surface area contributed by atoms with Crippen LogP contribution < -0.4 is 10.1 Å². The van der Waals surface area contributed by atoms with E-state index >= 15 is 0 Å². The minimum Gasteiger partial charge on any atom is -0.484 e. The van der Waals surface area contributed by atoms with Gasteiger partial charge in [-0.05, 0) is 56.5 Å². The molecule has 0 saturated heterocycles. The number of halogens is 1. The van der Waals surface area contributed by atoms with E-state index in [4.69, 9.17) is 16.3 Å². The molecule has 1 N–H and O–H groups in total. The van der Waals surface area contributed by atoms with Gasteiger partial charge in [0.25, 0.3) is 5.91 Å². The van der Waals surface area contributed by atoms with Gasteiger partial charge in [0.2, 0.25) is 5.91 Å². The SMILES string of the molecule is CCNC(=O)[C@@H](C)N(CCc1ccccc1)C(=O)COc1ccc(Cl)c(C)c1. The molecule has 0 spiro atoms. The highest BCUT2D eigenvalue weighted by atomic mass is 35.5. The van der Waals surface area contributed by atoms with E-state index in [1.807, 2.05) is 44.2 Å². The van der Waals surface area contributed by atoms with Crippen LogP contribution in [0.1, 0.15) is 25.0 Å². The van der Waals surface area contributed by atoms with Crippen molar-refractivity contribution >= 4 is 23.4 Å². The number of carbonyl (C=O) groups excluding carboxylic acids is 2. The van der Waals surface area contributed by atoms with Gasteiger partial charge in [-0.25, -0.2) is 0 Å². The molecule has 0 unspecified atom stereocenters. The van der Waals surface area contributed by atoms with Crippen LogP contribution in [0.25, 0.3) is 0 Å². The fourth-order valence-corrected chi connectivity index (χ4v) is 2.94. The molecule has 5 nitrogen and oxygen atoms in total. The zero-order valence-corrected chi connectivity index (χ0v) is 17.3. The molecular formula is C22H27ClN2O3. The molecule has 1 atom stereocenters. The van der Waals surface area contributed by atoms with Crippen LogP contribution in [0, 0.1) is 6.92 Å². The lowest BCUT2D eigenvalue weighted by Crippen LogP contribution is -2.50. The van der Waals surface area contributed by atoms with Crippen LogP contribution in [0.5, 0.6) is 5.75 Å². The molecule has 2 aromatic carbocycles. The summed E-state index contributed by atoms with van der Waals surface area (Å²) in [6.45, 7) is 6.28. The minimum absolute atomic E-state index is 0.139. The van der Waals surface area contributed by atoms with Crippen LogP contribution >= 0.6 is 11.6 Å². The van der Waals surface area contributed by atoms with Crippen molar-refractivity contribution < 1.29 is 14.3 Å². The zero-order valence-electron chi connectivity index (χ0n) is 16.6. The van der Waals surface area contributed by atoms with E-state index in [-0.39, 0.29) is 18.4 Å². The lowest BCUT2D eigenvalue weighted by Gasteiger charge is -2.28. The summed E-state index contributed by atoms with van der Waals surface area (Å²) in [4.78, 5) is 26.7. The molecule has 2 rings (SSSR count).